The molecule has 0 N–H and O–H groups in total. The molecule has 10 heteroatoms. The molecule has 0 fully saturated rings. The maximum Gasteiger partial charge on any atom is 0.417 e. The molecule has 0 heterocycles. The number of sulfonamides is 1. The van der Waals surface area contributed by atoms with Crippen molar-refractivity contribution in [2.75, 3.05) is 13.1 Å². The maximum atomic E-state index is 12.7. The molecule has 0 aliphatic carbocycles. The quantitative estimate of drug-likeness (QED) is 0.763. The van der Waals surface area contributed by atoms with Gasteiger partial charge in [0.25, 0.3) is 0 Å². The van der Waals surface area contributed by atoms with Crippen molar-refractivity contribution in [1.82, 2.24) is 4.31 Å². The molecule has 0 radical (unpaired) electrons. The summed E-state index contributed by atoms with van der Waals surface area (Å²) in [7, 11) is -4.10. The van der Waals surface area contributed by atoms with Gasteiger partial charge in [-0.3, -0.25) is 0 Å². The number of nitriles is 2. The second-order valence-corrected chi connectivity index (χ2v) is 6.53. The van der Waals surface area contributed by atoms with Crippen LogP contribution in [0.4, 0.5) is 13.2 Å². The van der Waals surface area contributed by atoms with Gasteiger partial charge in [0.1, 0.15) is 13.1 Å². The molecule has 0 spiro atoms. The van der Waals surface area contributed by atoms with Crippen molar-refractivity contribution >= 4 is 21.6 Å². The Balaban J connectivity index is 3.14. The van der Waals surface area contributed by atoms with Crippen LogP contribution in [0.5, 0.6) is 0 Å². The van der Waals surface area contributed by atoms with Gasteiger partial charge in [-0.25, -0.2) is 8.42 Å². The van der Waals surface area contributed by atoms with Crippen LogP contribution in [0.25, 0.3) is 0 Å². The summed E-state index contributed by atoms with van der Waals surface area (Å²) in [4.78, 5) is 0. The predicted molar refractivity (Wildman–Crippen MR) is 71.9 cm³/mol. The Morgan fingerprint density at radius 3 is 2.18 bits per heavy atom. The molecular formula is C12H9ClF3N3O2S. The average Bonchev–Trinajstić information content (AvgIpc) is 2.39. The molecule has 0 atom stereocenters. The zero-order valence-electron chi connectivity index (χ0n) is 10.9. The first-order valence-corrected chi connectivity index (χ1v) is 7.68. The molecule has 0 amide bonds. The van der Waals surface area contributed by atoms with Crippen molar-refractivity contribution in [1.29, 1.82) is 10.5 Å². The number of hydrogen-bond donors (Lipinski definition) is 0. The van der Waals surface area contributed by atoms with Gasteiger partial charge in [-0.2, -0.15) is 28.0 Å². The van der Waals surface area contributed by atoms with Crippen molar-refractivity contribution in [2.45, 2.75) is 11.9 Å². The van der Waals surface area contributed by atoms with Gasteiger partial charge in [-0.15, -0.1) is 0 Å². The molecule has 0 unspecified atom stereocenters. The molecule has 5 nitrogen and oxygen atoms in total. The van der Waals surface area contributed by atoms with Gasteiger partial charge in [-0.1, -0.05) is 17.7 Å². The fraction of sp³-hybridized carbons (Fsp3) is 0.333. The summed E-state index contributed by atoms with van der Waals surface area (Å²) in [5.74, 6) is -0.767. The predicted octanol–water partition coefficient (Wildman–Crippen LogP) is 2.54. The fourth-order valence-corrected chi connectivity index (χ4v) is 3.11. The normalized spacial score (nSPS) is 12.0. The summed E-state index contributed by atoms with van der Waals surface area (Å²) >= 11 is 5.45. The monoisotopic (exact) mass is 351 g/mol. The topological polar surface area (TPSA) is 85.0 Å². The van der Waals surface area contributed by atoms with Crippen molar-refractivity contribution < 1.29 is 21.6 Å². The molecule has 0 aliphatic rings. The minimum Gasteiger partial charge on any atom is -0.212 e. The first-order valence-electron chi connectivity index (χ1n) is 5.69. The van der Waals surface area contributed by atoms with Crippen molar-refractivity contribution in [2.24, 2.45) is 0 Å². The summed E-state index contributed by atoms with van der Waals surface area (Å²) in [6.07, 6.45) is -4.71. The minimum absolute atomic E-state index is 0.141. The van der Waals surface area contributed by atoms with Crippen LogP contribution in [0.15, 0.2) is 18.2 Å². The third kappa shape index (κ3) is 4.60. The van der Waals surface area contributed by atoms with E-state index in [1.165, 1.54) is 0 Å². The Kier molecular flexibility index (Phi) is 5.78. The smallest absolute Gasteiger partial charge is 0.212 e. The average molecular weight is 352 g/mol. The highest BCUT2D eigenvalue weighted by Gasteiger charge is 2.34. The van der Waals surface area contributed by atoms with Gasteiger partial charge >= 0.3 is 6.18 Å². The minimum atomic E-state index is -4.71. The highest BCUT2D eigenvalue weighted by molar-refractivity contribution is 7.88. The number of halogens is 4. The van der Waals surface area contributed by atoms with Crippen LogP contribution in [0.2, 0.25) is 5.02 Å². The number of hydrogen-bond acceptors (Lipinski definition) is 4. The first kappa shape index (κ1) is 18.2. The largest absolute Gasteiger partial charge is 0.417 e. The maximum absolute atomic E-state index is 12.7. The van der Waals surface area contributed by atoms with E-state index in [0.29, 0.717) is 10.4 Å². The third-order valence-corrected chi connectivity index (χ3v) is 4.65. The van der Waals surface area contributed by atoms with Crippen molar-refractivity contribution in [3.8, 4) is 12.1 Å². The van der Waals surface area contributed by atoms with E-state index in [2.05, 4.69) is 0 Å². The summed E-state index contributed by atoms with van der Waals surface area (Å²) in [6.45, 7) is -1.12. The summed E-state index contributed by atoms with van der Waals surface area (Å²) in [5, 5.41) is 16.6. The molecule has 1 aromatic carbocycles. The van der Waals surface area contributed by atoms with Gasteiger partial charge in [-0.05, 0) is 17.7 Å². The van der Waals surface area contributed by atoms with Crippen LogP contribution in [0.1, 0.15) is 11.1 Å². The van der Waals surface area contributed by atoms with Crippen LogP contribution in [-0.4, -0.2) is 25.8 Å². The van der Waals surface area contributed by atoms with E-state index in [4.69, 9.17) is 22.1 Å². The lowest BCUT2D eigenvalue weighted by molar-refractivity contribution is -0.137. The van der Waals surface area contributed by atoms with E-state index in [-0.39, 0.29) is 5.56 Å². The van der Waals surface area contributed by atoms with Crippen LogP contribution < -0.4 is 0 Å². The summed E-state index contributed by atoms with van der Waals surface area (Å²) in [5.41, 5.74) is -1.29. The molecule has 0 aliphatic heterocycles. The van der Waals surface area contributed by atoms with Crippen LogP contribution in [0, 0.1) is 22.7 Å². The van der Waals surface area contributed by atoms with Gasteiger partial charge in [0, 0.05) is 0 Å². The lowest BCUT2D eigenvalue weighted by atomic mass is 10.1. The SMILES string of the molecule is N#CCN(CC#N)S(=O)(=O)Cc1ccc(Cl)c(C(F)(F)F)c1. The highest BCUT2D eigenvalue weighted by atomic mass is 35.5. The van der Waals surface area contributed by atoms with Gasteiger partial charge in [0.15, 0.2) is 0 Å². The van der Waals surface area contributed by atoms with E-state index < -0.39 is 45.6 Å². The lowest BCUT2D eigenvalue weighted by Gasteiger charge is -2.17. The second-order valence-electron chi connectivity index (χ2n) is 4.15. The number of nitrogens with zero attached hydrogens (tertiary/aromatic N) is 3. The van der Waals surface area contributed by atoms with Gasteiger partial charge in [0.2, 0.25) is 10.0 Å². The molecule has 118 valence electrons. The molecule has 22 heavy (non-hydrogen) atoms. The Labute approximate surface area is 130 Å². The number of rotatable bonds is 5. The van der Waals surface area contributed by atoms with Gasteiger partial charge in [0.05, 0.1) is 28.5 Å². The van der Waals surface area contributed by atoms with Crippen LogP contribution in [-0.2, 0) is 22.0 Å². The Morgan fingerprint density at radius 2 is 1.73 bits per heavy atom. The first-order chi connectivity index (χ1) is 10.1. The zero-order valence-corrected chi connectivity index (χ0v) is 12.5. The van der Waals surface area contributed by atoms with Crippen LogP contribution in [0.3, 0.4) is 0 Å². The molecule has 0 saturated heterocycles. The molecule has 1 rings (SSSR count). The molecule has 1 aromatic rings. The summed E-state index contributed by atoms with van der Waals surface area (Å²) < 4.78 is 62.9. The van der Waals surface area contributed by atoms with Crippen molar-refractivity contribution in [3.05, 3.63) is 34.3 Å². The second kappa shape index (κ2) is 6.97. The highest BCUT2D eigenvalue weighted by Crippen LogP contribution is 2.35. The van der Waals surface area contributed by atoms with E-state index in [1.807, 2.05) is 0 Å². The number of alkyl halides is 3. The molecule has 0 aromatic heterocycles. The lowest BCUT2D eigenvalue weighted by Crippen LogP contribution is -2.33. The standard InChI is InChI=1S/C12H9ClF3N3O2S/c13-11-2-1-9(7-10(11)12(14,15)16)8-22(20,21)19(5-3-17)6-4-18/h1-2,7H,5-6,8H2. The Morgan fingerprint density at radius 1 is 1.18 bits per heavy atom. The third-order valence-electron chi connectivity index (χ3n) is 2.57. The Hall–Kier alpha value is -1.81. The number of benzene rings is 1. The summed E-state index contributed by atoms with van der Waals surface area (Å²) in [6, 6.07) is 5.90. The fourth-order valence-electron chi connectivity index (χ4n) is 1.59. The van der Waals surface area contributed by atoms with E-state index in [0.717, 1.165) is 12.1 Å². The van der Waals surface area contributed by atoms with Crippen LogP contribution >= 0.6 is 11.6 Å². The Bertz CT molecular complexity index is 719. The van der Waals surface area contributed by atoms with E-state index >= 15 is 0 Å². The molecule has 0 saturated carbocycles. The zero-order chi connectivity index (χ0) is 17.0. The van der Waals surface area contributed by atoms with Crippen molar-refractivity contribution in [3.63, 3.8) is 0 Å². The molecular weight excluding hydrogens is 343 g/mol. The van der Waals surface area contributed by atoms with E-state index in [9.17, 15) is 21.6 Å². The molecule has 0 bridgehead atoms. The van der Waals surface area contributed by atoms with E-state index in [1.54, 1.807) is 12.1 Å². The van der Waals surface area contributed by atoms with Gasteiger partial charge < -0.3 is 0 Å².